The number of hydrogen-bond donors (Lipinski definition) is 1. The molecule has 9 nitrogen and oxygen atoms in total. The molecule has 1 fully saturated rings. The second-order valence-electron chi connectivity index (χ2n) is 7.99. The molecule has 0 bridgehead atoms. The van der Waals surface area contributed by atoms with Crippen LogP contribution in [0, 0.1) is 0 Å². The summed E-state index contributed by atoms with van der Waals surface area (Å²) in [5.41, 5.74) is 1.18. The zero-order chi connectivity index (χ0) is 23.3. The molecular weight excluding hydrogens is 446 g/mol. The van der Waals surface area contributed by atoms with Gasteiger partial charge in [-0.1, -0.05) is 12.1 Å². The molecule has 10 heteroatoms. The maximum atomic E-state index is 12.7. The van der Waals surface area contributed by atoms with Crippen LogP contribution in [0.5, 0.6) is 17.2 Å². The maximum absolute atomic E-state index is 12.7. The van der Waals surface area contributed by atoms with Crippen LogP contribution in [0.25, 0.3) is 0 Å². The highest BCUT2D eigenvalue weighted by Gasteiger charge is 2.24. The van der Waals surface area contributed by atoms with Gasteiger partial charge in [-0.3, -0.25) is 9.69 Å². The summed E-state index contributed by atoms with van der Waals surface area (Å²) in [4.78, 5) is 16.6. The molecule has 0 aromatic heterocycles. The Morgan fingerprint density at radius 2 is 1.70 bits per heavy atom. The predicted molar refractivity (Wildman–Crippen MR) is 122 cm³/mol. The van der Waals surface area contributed by atoms with Gasteiger partial charge in [-0.2, -0.15) is 0 Å². The normalized spacial score (nSPS) is 16.8. The highest BCUT2D eigenvalue weighted by molar-refractivity contribution is 7.89. The lowest BCUT2D eigenvalue weighted by Gasteiger charge is -2.34. The van der Waals surface area contributed by atoms with Gasteiger partial charge in [0.2, 0.25) is 15.9 Å². The minimum absolute atomic E-state index is 0.0452. The van der Waals surface area contributed by atoms with Gasteiger partial charge in [-0.05, 0) is 29.8 Å². The Bertz CT molecular complexity index is 1070. The van der Waals surface area contributed by atoms with Crippen LogP contribution in [0.2, 0.25) is 0 Å². The average molecular weight is 476 g/mol. The van der Waals surface area contributed by atoms with Crippen LogP contribution < -0.4 is 18.9 Å². The van der Waals surface area contributed by atoms with Crippen molar-refractivity contribution < 1.29 is 27.4 Å². The Hall–Kier alpha value is -2.82. The number of fused-ring (bicyclic) bond motifs is 1. The van der Waals surface area contributed by atoms with E-state index in [2.05, 4.69) is 9.62 Å². The molecule has 0 unspecified atom stereocenters. The molecule has 33 heavy (non-hydrogen) atoms. The van der Waals surface area contributed by atoms with E-state index in [-0.39, 0.29) is 17.3 Å². The minimum atomic E-state index is -3.85. The Labute approximate surface area is 194 Å². The fourth-order valence-corrected chi connectivity index (χ4v) is 4.80. The van der Waals surface area contributed by atoms with Crippen LogP contribution >= 0.6 is 0 Å². The summed E-state index contributed by atoms with van der Waals surface area (Å²) in [5, 5.41) is 0. The maximum Gasteiger partial charge on any atom is 0.241 e. The molecule has 2 aliphatic heterocycles. The van der Waals surface area contributed by atoms with Gasteiger partial charge in [-0.25, -0.2) is 13.1 Å². The van der Waals surface area contributed by atoms with Crippen molar-refractivity contribution in [1.82, 2.24) is 14.5 Å². The SMILES string of the molecule is COc1ccc(CN2CCN(C(=O)CNS(=O)(=O)c3ccc4c(c3)OCCCO4)CC2)cc1. The summed E-state index contributed by atoms with van der Waals surface area (Å²) >= 11 is 0. The number of ether oxygens (including phenoxy) is 3. The Balaban J connectivity index is 1.27. The van der Waals surface area contributed by atoms with Crippen molar-refractivity contribution in [3.63, 3.8) is 0 Å². The van der Waals surface area contributed by atoms with E-state index in [0.29, 0.717) is 37.8 Å². The van der Waals surface area contributed by atoms with Gasteiger partial charge in [0.25, 0.3) is 0 Å². The number of benzene rings is 2. The quantitative estimate of drug-likeness (QED) is 0.648. The summed E-state index contributed by atoms with van der Waals surface area (Å²) in [7, 11) is -2.21. The van der Waals surface area contributed by atoms with Gasteiger partial charge in [0, 0.05) is 45.2 Å². The smallest absolute Gasteiger partial charge is 0.241 e. The van der Waals surface area contributed by atoms with Crippen molar-refractivity contribution >= 4 is 15.9 Å². The third kappa shape index (κ3) is 5.95. The first-order valence-corrected chi connectivity index (χ1v) is 12.5. The number of nitrogens with one attached hydrogen (secondary N) is 1. The summed E-state index contributed by atoms with van der Waals surface area (Å²) in [5.74, 6) is 1.50. The van der Waals surface area contributed by atoms with Gasteiger partial charge in [0.1, 0.15) is 5.75 Å². The number of methoxy groups -OCH3 is 1. The fourth-order valence-electron chi connectivity index (χ4n) is 3.81. The molecular formula is C23H29N3O6S. The molecule has 1 N–H and O–H groups in total. The molecule has 0 saturated carbocycles. The van der Waals surface area contributed by atoms with Crippen LogP contribution in [0.3, 0.4) is 0 Å². The van der Waals surface area contributed by atoms with E-state index in [1.807, 2.05) is 24.3 Å². The number of amides is 1. The molecule has 178 valence electrons. The number of hydrogen-bond acceptors (Lipinski definition) is 7. The van der Waals surface area contributed by atoms with Crippen molar-refractivity contribution in [2.75, 3.05) is 53.0 Å². The molecule has 4 rings (SSSR count). The van der Waals surface area contributed by atoms with Crippen LogP contribution in [0.4, 0.5) is 0 Å². The van der Waals surface area contributed by atoms with Crippen molar-refractivity contribution in [2.24, 2.45) is 0 Å². The zero-order valence-electron chi connectivity index (χ0n) is 18.7. The minimum Gasteiger partial charge on any atom is -0.497 e. The first-order valence-electron chi connectivity index (χ1n) is 11.0. The highest BCUT2D eigenvalue weighted by atomic mass is 32.2. The van der Waals surface area contributed by atoms with Gasteiger partial charge >= 0.3 is 0 Å². The number of sulfonamides is 1. The molecule has 2 aromatic rings. The monoisotopic (exact) mass is 475 g/mol. The predicted octanol–water partition coefficient (Wildman–Crippen LogP) is 1.48. The molecule has 1 saturated heterocycles. The fraction of sp³-hybridized carbons (Fsp3) is 0.435. The van der Waals surface area contributed by atoms with Gasteiger partial charge in [0.15, 0.2) is 11.5 Å². The molecule has 2 heterocycles. The summed E-state index contributed by atoms with van der Waals surface area (Å²) in [6, 6.07) is 12.4. The highest BCUT2D eigenvalue weighted by Crippen LogP contribution is 2.31. The molecule has 0 radical (unpaired) electrons. The molecule has 1 amide bonds. The second kappa shape index (κ2) is 10.4. The lowest BCUT2D eigenvalue weighted by Crippen LogP contribution is -2.50. The second-order valence-corrected chi connectivity index (χ2v) is 9.76. The van der Waals surface area contributed by atoms with Crippen LogP contribution in [0.15, 0.2) is 47.4 Å². The van der Waals surface area contributed by atoms with Crippen molar-refractivity contribution in [3.8, 4) is 17.2 Å². The summed E-state index contributed by atoms with van der Waals surface area (Å²) < 4.78 is 44.1. The van der Waals surface area contributed by atoms with Gasteiger partial charge < -0.3 is 19.1 Å². The zero-order valence-corrected chi connectivity index (χ0v) is 19.5. The van der Waals surface area contributed by atoms with E-state index in [1.54, 1.807) is 18.1 Å². The van der Waals surface area contributed by atoms with Gasteiger partial charge in [-0.15, -0.1) is 0 Å². The van der Waals surface area contributed by atoms with Crippen LogP contribution in [0.1, 0.15) is 12.0 Å². The topological polar surface area (TPSA) is 97.4 Å². The molecule has 2 aliphatic rings. The number of rotatable bonds is 7. The Morgan fingerprint density at radius 1 is 1.00 bits per heavy atom. The summed E-state index contributed by atoms with van der Waals surface area (Å²) in [6.07, 6.45) is 0.733. The Kier molecular flexibility index (Phi) is 7.36. The van der Waals surface area contributed by atoms with Crippen molar-refractivity contribution in [1.29, 1.82) is 0 Å². The molecule has 0 aliphatic carbocycles. The summed E-state index contributed by atoms with van der Waals surface area (Å²) in [6.45, 7) is 4.07. The largest absolute Gasteiger partial charge is 0.497 e. The van der Waals surface area contributed by atoms with E-state index in [1.165, 1.54) is 17.7 Å². The molecule has 0 atom stereocenters. The third-order valence-corrected chi connectivity index (χ3v) is 7.13. The average Bonchev–Trinajstić information content (AvgIpc) is 3.08. The Morgan fingerprint density at radius 3 is 2.39 bits per heavy atom. The van der Waals surface area contributed by atoms with Crippen LogP contribution in [-0.2, 0) is 21.4 Å². The van der Waals surface area contributed by atoms with Gasteiger partial charge in [0.05, 0.1) is 31.8 Å². The number of nitrogens with zero attached hydrogens (tertiary/aromatic N) is 2. The first-order chi connectivity index (χ1) is 15.9. The van der Waals surface area contributed by atoms with E-state index < -0.39 is 10.0 Å². The standard InChI is InChI=1S/C23H29N3O6S/c1-30-19-5-3-18(4-6-19)17-25-9-11-26(12-10-25)23(27)16-24-33(28,29)20-7-8-21-22(15-20)32-14-2-13-31-21/h3-8,15,24H,2,9-14,16-17H2,1H3. The molecule has 0 spiro atoms. The first kappa shape index (κ1) is 23.3. The number of piperazine rings is 1. The third-order valence-electron chi connectivity index (χ3n) is 5.73. The van der Waals surface area contributed by atoms with Crippen LogP contribution in [-0.4, -0.2) is 77.2 Å². The van der Waals surface area contributed by atoms with E-state index in [9.17, 15) is 13.2 Å². The lowest BCUT2D eigenvalue weighted by molar-refractivity contribution is -0.131. The van der Waals surface area contributed by atoms with Crippen molar-refractivity contribution in [3.05, 3.63) is 48.0 Å². The number of carbonyl (C=O) groups excluding carboxylic acids is 1. The van der Waals surface area contributed by atoms with E-state index in [0.717, 1.165) is 31.8 Å². The number of carbonyl (C=O) groups is 1. The van der Waals surface area contributed by atoms with E-state index >= 15 is 0 Å². The lowest BCUT2D eigenvalue weighted by atomic mass is 10.2. The van der Waals surface area contributed by atoms with Crippen molar-refractivity contribution in [2.45, 2.75) is 17.9 Å². The van der Waals surface area contributed by atoms with E-state index in [4.69, 9.17) is 14.2 Å². The molecule has 2 aromatic carbocycles.